The zero-order valence-electron chi connectivity index (χ0n) is 17.8. The molecule has 6 heteroatoms. The van der Waals surface area contributed by atoms with Crippen molar-refractivity contribution in [3.63, 3.8) is 0 Å². The molecule has 6 nitrogen and oxygen atoms in total. The summed E-state index contributed by atoms with van der Waals surface area (Å²) in [5, 5.41) is 6.92. The Morgan fingerprint density at radius 1 is 0.903 bits per heavy atom. The summed E-state index contributed by atoms with van der Waals surface area (Å²) < 4.78 is 0. The van der Waals surface area contributed by atoms with Crippen LogP contribution in [-0.4, -0.2) is 35.6 Å². The highest BCUT2D eigenvalue weighted by Gasteiger charge is 2.01. The molecule has 0 aliphatic carbocycles. The Morgan fingerprint density at radius 3 is 2.03 bits per heavy atom. The number of amidine groups is 1. The van der Waals surface area contributed by atoms with Gasteiger partial charge in [0, 0.05) is 55.9 Å². The molecule has 158 valence electrons. The van der Waals surface area contributed by atoms with Gasteiger partial charge in [-0.05, 0) is 30.8 Å². The molecule has 0 amide bonds. The Balaban J connectivity index is 1.36. The van der Waals surface area contributed by atoms with Crippen molar-refractivity contribution in [2.24, 2.45) is 9.98 Å². The van der Waals surface area contributed by atoms with E-state index in [4.69, 9.17) is 0 Å². The van der Waals surface area contributed by atoms with Crippen LogP contribution in [-0.2, 0) is 13.1 Å². The van der Waals surface area contributed by atoms with Crippen molar-refractivity contribution in [2.45, 2.75) is 20.0 Å². The van der Waals surface area contributed by atoms with E-state index in [2.05, 4.69) is 73.7 Å². The molecule has 31 heavy (non-hydrogen) atoms. The first kappa shape index (κ1) is 22.2. The molecule has 0 radical (unpaired) electrons. The van der Waals surface area contributed by atoms with E-state index >= 15 is 0 Å². The summed E-state index contributed by atoms with van der Waals surface area (Å²) in [6, 6.07) is 18.4. The smallest absolute Gasteiger partial charge is 0.159 e. The van der Waals surface area contributed by atoms with Crippen LogP contribution in [0, 0.1) is 0 Å². The van der Waals surface area contributed by atoms with Crippen molar-refractivity contribution in [3.05, 3.63) is 96.0 Å². The van der Waals surface area contributed by atoms with Gasteiger partial charge in [0.2, 0.25) is 0 Å². The molecular formula is C25H28N6. The third kappa shape index (κ3) is 7.06. The van der Waals surface area contributed by atoms with Crippen molar-refractivity contribution in [1.29, 1.82) is 0 Å². The van der Waals surface area contributed by atoms with Gasteiger partial charge in [-0.25, -0.2) is 20.0 Å². The first-order valence-corrected chi connectivity index (χ1v) is 10.3. The summed E-state index contributed by atoms with van der Waals surface area (Å²) >= 11 is 0. The van der Waals surface area contributed by atoms with Gasteiger partial charge in [-0.3, -0.25) is 0 Å². The lowest BCUT2D eigenvalue weighted by Crippen LogP contribution is -2.26. The number of aliphatic imine (C=N–C) groups is 2. The predicted octanol–water partition coefficient (Wildman–Crippen LogP) is 4.00. The Hall–Kier alpha value is -3.48. The van der Waals surface area contributed by atoms with Crippen molar-refractivity contribution < 1.29 is 0 Å². The van der Waals surface area contributed by atoms with Crippen molar-refractivity contribution >= 4 is 12.6 Å². The maximum atomic E-state index is 4.28. The average molecular weight is 413 g/mol. The molecular weight excluding hydrogens is 384 g/mol. The van der Waals surface area contributed by atoms with Gasteiger partial charge in [0.25, 0.3) is 0 Å². The molecule has 0 saturated heterocycles. The van der Waals surface area contributed by atoms with Crippen LogP contribution in [0.5, 0.6) is 0 Å². The monoisotopic (exact) mass is 412 g/mol. The fourth-order valence-electron chi connectivity index (χ4n) is 2.99. The van der Waals surface area contributed by atoms with E-state index in [-0.39, 0.29) is 0 Å². The average Bonchev–Trinajstić information content (AvgIpc) is 2.83. The maximum Gasteiger partial charge on any atom is 0.159 e. The standard InChI is InChI=1S/C25H28N6/c1-3-13-29-24(26-2)22-9-5-20(6-10-22)18-27-16-17-28-19-21-7-11-23(12-8-21)25-30-14-4-15-31-25/h3-15,27-28H,2,16-19H2,1H3/b13-3-,29-24?. The fourth-order valence-corrected chi connectivity index (χ4v) is 2.99. The summed E-state index contributed by atoms with van der Waals surface area (Å²) in [7, 11) is 0. The minimum atomic E-state index is 0.631. The maximum absolute atomic E-state index is 4.28. The SMILES string of the molecule is C=NC(=N/C=C\C)c1ccc(CNCCNCc2ccc(-c3ncccn3)cc2)cc1. The van der Waals surface area contributed by atoms with E-state index in [1.54, 1.807) is 18.6 Å². The van der Waals surface area contributed by atoms with Gasteiger partial charge >= 0.3 is 0 Å². The lowest BCUT2D eigenvalue weighted by Gasteiger charge is -2.08. The number of hydrogen-bond acceptors (Lipinski definition) is 5. The number of rotatable bonds is 10. The zero-order chi connectivity index (χ0) is 21.7. The van der Waals surface area contributed by atoms with Gasteiger partial charge in [0.1, 0.15) is 0 Å². The van der Waals surface area contributed by atoms with Crippen LogP contribution in [0.25, 0.3) is 11.4 Å². The largest absolute Gasteiger partial charge is 0.311 e. The van der Waals surface area contributed by atoms with Gasteiger partial charge in [0.15, 0.2) is 11.7 Å². The van der Waals surface area contributed by atoms with Crippen LogP contribution in [0.2, 0.25) is 0 Å². The first-order chi connectivity index (χ1) is 15.3. The molecule has 2 aromatic carbocycles. The van der Waals surface area contributed by atoms with Crippen molar-refractivity contribution in [3.8, 4) is 11.4 Å². The Morgan fingerprint density at radius 2 is 1.48 bits per heavy atom. The minimum Gasteiger partial charge on any atom is -0.311 e. The second-order valence-corrected chi connectivity index (χ2v) is 6.91. The van der Waals surface area contributed by atoms with E-state index in [9.17, 15) is 0 Å². The Bertz CT molecular complexity index is 992. The molecule has 0 saturated carbocycles. The van der Waals surface area contributed by atoms with E-state index in [1.165, 1.54) is 11.1 Å². The number of hydrogen-bond donors (Lipinski definition) is 2. The highest BCUT2D eigenvalue weighted by molar-refractivity contribution is 6.01. The first-order valence-electron chi connectivity index (χ1n) is 10.3. The van der Waals surface area contributed by atoms with Crippen LogP contribution >= 0.6 is 0 Å². The summed E-state index contributed by atoms with van der Waals surface area (Å²) in [5.41, 5.74) is 4.45. The van der Waals surface area contributed by atoms with Gasteiger partial charge in [-0.1, -0.05) is 54.6 Å². The number of aromatic nitrogens is 2. The van der Waals surface area contributed by atoms with Crippen LogP contribution in [0.4, 0.5) is 0 Å². The van der Waals surface area contributed by atoms with Gasteiger partial charge in [-0.15, -0.1) is 0 Å². The van der Waals surface area contributed by atoms with Crippen molar-refractivity contribution in [1.82, 2.24) is 20.6 Å². The summed E-state index contributed by atoms with van der Waals surface area (Å²) in [6.07, 6.45) is 7.10. The lowest BCUT2D eigenvalue weighted by molar-refractivity contribution is 0.611. The van der Waals surface area contributed by atoms with Crippen LogP contribution in [0.3, 0.4) is 0 Å². The normalized spacial score (nSPS) is 11.7. The molecule has 2 N–H and O–H groups in total. The van der Waals surface area contributed by atoms with Crippen molar-refractivity contribution in [2.75, 3.05) is 13.1 Å². The summed E-state index contributed by atoms with van der Waals surface area (Å²) in [4.78, 5) is 16.8. The van der Waals surface area contributed by atoms with Gasteiger partial charge in [0.05, 0.1) is 0 Å². The van der Waals surface area contributed by atoms with Crippen LogP contribution in [0.1, 0.15) is 23.6 Å². The zero-order valence-corrected chi connectivity index (χ0v) is 17.8. The quantitative estimate of drug-likeness (QED) is 0.300. The second-order valence-electron chi connectivity index (χ2n) is 6.91. The predicted molar refractivity (Wildman–Crippen MR) is 128 cm³/mol. The molecule has 0 unspecified atom stereocenters. The Kier molecular flexibility index (Phi) is 8.79. The molecule has 0 fully saturated rings. The number of nitrogens with zero attached hydrogens (tertiary/aromatic N) is 4. The minimum absolute atomic E-state index is 0.631. The Labute approximate surface area is 183 Å². The molecule has 0 bridgehead atoms. The molecule has 0 atom stereocenters. The molecule has 0 aliphatic heterocycles. The number of benzene rings is 2. The number of nitrogens with one attached hydrogen (secondary N) is 2. The third-order valence-electron chi connectivity index (χ3n) is 4.62. The molecule has 1 aromatic heterocycles. The fraction of sp³-hybridized carbons (Fsp3) is 0.200. The summed E-state index contributed by atoms with van der Waals surface area (Å²) in [6.45, 7) is 8.94. The molecule has 1 heterocycles. The molecule has 3 rings (SSSR count). The second kappa shape index (κ2) is 12.3. The van der Waals surface area contributed by atoms with E-state index in [1.807, 2.05) is 31.2 Å². The topological polar surface area (TPSA) is 74.6 Å². The van der Waals surface area contributed by atoms with E-state index in [0.29, 0.717) is 5.84 Å². The highest BCUT2D eigenvalue weighted by atomic mass is 14.9. The van der Waals surface area contributed by atoms with Crippen LogP contribution in [0.15, 0.2) is 89.3 Å². The lowest BCUT2D eigenvalue weighted by atomic mass is 10.1. The van der Waals surface area contributed by atoms with Crippen LogP contribution < -0.4 is 10.6 Å². The van der Waals surface area contributed by atoms with E-state index < -0.39 is 0 Å². The summed E-state index contributed by atoms with van der Waals surface area (Å²) in [5.74, 6) is 1.38. The third-order valence-corrected chi connectivity index (χ3v) is 4.62. The van der Waals surface area contributed by atoms with Gasteiger partial charge in [-0.2, -0.15) is 0 Å². The number of allylic oxidation sites excluding steroid dienone is 1. The van der Waals surface area contributed by atoms with Gasteiger partial charge < -0.3 is 10.6 Å². The highest BCUT2D eigenvalue weighted by Crippen LogP contribution is 2.14. The molecule has 0 spiro atoms. The molecule has 0 aliphatic rings. The van der Waals surface area contributed by atoms with E-state index in [0.717, 1.165) is 43.1 Å². The molecule has 3 aromatic rings.